The summed E-state index contributed by atoms with van der Waals surface area (Å²) in [6.45, 7) is 6.41. The van der Waals surface area contributed by atoms with Gasteiger partial charge in [-0.2, -0.15) is 0 Å². The van der Waals surface area contributed by atoms with Gasteiger partial charge in [-0.1, -0.05) is 30.3 Å². The average Bonchev–Trinajstić information content (AvgIpc) is 2.50. The van der Waals surface area contributed by atoms with Gasteiger partial charge in [-0.3, -0.25) is 0 Å². The number of hydrogen-bond acceptors (Lipinski definition) is 3. The first-order valence-corrected chi connectivity index (χ1v) is 7.29. The van der Waals surface area contributed by atoms with Gasteiger partial charge in [0.05, 0.1) is 13.7 Å². The van der Waals surface area contributed by atoms with Gasteiger partial charge >= 0.3 is 0 Å². The maximum Gasteiger partial charge on any atom is 0.161 e. The largest absolute Gasteiger partial charge is 0.493 e. The number of methoxy groups -OCH3 is 1. The minimum Gasteiger partial charge on any atom is -0.493 e. The smallest absolute Gasteiger partial charge is 0.161 e. The molecule has 1 N–H and O–H groups in total. The Bertz CT molecular complexity index is 581. The Morgan fingerprint density at radius 1 is 1.00 bits per heavy atom. The quantitative estimate of drug-likeness (QED) is 0.841. The molecule has 0 fully saturated rings. The van der Waals surface area contributed by atoms with Crippen LogP contribution in [-0.4, -0.2) is 13.7 Å². The van der Waals surface area contributed by atoms with Crippen molar-refractivity contribution in [3.63, 3.8) is 0 Å². The van der Waals surface area contributed by atoms with Crippen LogP contribution >= 0.6 is 0 Å². The molecule has 0 radical (unpaired) electrons. The van der Waals surface area contributed by atoms with Crippen molar-refractivity contribution in [2.24, 2.45) is 0 Å². The molecule has 0 saturated carbocycles. The van der Waals surface area contributed by atoms with E-state index in [0.717, 1.165) is 24.6 Å². The van der Waals surface area contributed by atoms with Crippen LogP contribution in [0.3, 0.4) is 0 Å². The zero-order valence-corrected chi connectivity index (χ0v) is 13.0. The number of nitrogens with one attached hydrogen (secondary N) is 1. The highest BCUT2D eigenvalue weighted by molar-refractivity contribution is 5.43. The molecule has 0 amide bonds. The van der Waals surface area contributed by atoms with E-state index in [9.17, 15) is 0 Å². The molecule has 0 atom stereocenters. The van der Waals surface area contributed by atoms with Crippen LogP contribution in [-0.2, 0) is 13.1 Å². The number of hydrogen-bond donors (Lipinski definition) is 1. The van der Waals surface area contributed by atoms with Gasteiger partial charge in [-0.05, 0) is 42.7 Å². The first-order chi connectivity index (χ1) is 10.2. The van der Waals surface area contributed by atoms with Crippen LogP contribution in [0.25, 0.3) is 0 Å². The zero-order chi connectivity index (χ0) is 15.1. The van der Waals surface area contributed by atoms with Crippen molar-refractivity contribution in [2.45, 2.75) is 26.9 Å². The van der Waals surface area contributed by atoms with E-state index in [1.807, 2.05) is 19.1 Å². The fourth-order valence-corrected chi connectivity index (χ4v) is 2.25. The highest BCUT2D eigenvalue weighted by Gasteiger charge is 2.05. The SMILES string of the molecule is CCOc1cc(CNCc2ccccc2C)ccc1OC. The van der Waals surface area contributed by atoms with Crippen LogP contribution in [0.1, 0.15) is 23.6 Å². The first kappa shape index (κ1) is 15.4. The van der Waals surface area contributed by atoms with E-state index in [1.54, 1.807) is 7.11 Å². The van der Waals surface area contributed by atoms with Gasteiger partial charge in [0.25, 0.3) is 0 Å². The number of ether oxygens (including phenoxy) is 2. The Hall–Kier alpha value is -2.00. The van der Waals surface area contributed by atoms with E-state index < -0.39 is 0 Å². The van der Waals surface area contributed by atoms with Gasteiger partial charge in [0.1, 0.15) is 0 Å². The van der Waals surface area contributed by atoms with E-state index in [1.165, 1.54) is 16.7 Å². The van der Waals surface area contributed by atoms with Crippen molar-refractivity contribution >= 4 is 0 Å². The van der Waals surface area contributed by atoms with E-state index >= 15 is 0 Å². The highest BCUT2D eigenvalue weighted by Crippen LogP contribution is 2.28. The molecule has 0 spiro atoms. The van der Waals surface area contributed by atoms with Crippen molar-refractivity contribution < 1.29 is 9.47 Å². The molecule has 3 heteroatoms. The third kappa shape index (κ3) is 4.23. The molecule has 112 valence electrons. The second-order valence-corrected chi connectivity index (χ2v) is 4.95. The van der Waals surface area contributed by atoms with Gasteiger partial charge in [0, 0.05) is 13.1 Å². The summed E-state index contributed by atoms with van der Waals surface area (Å²) in [6.07, 6.45) is 0. The van der Waals surface area contributed by atoms with E-state index in [-0.39, 0.29) is 0 Å². The summed E-state index contributed by atoms with van der Waals surface area (Å²) in [7, 11) is 1.66. The number of rotatable bonds is 7. The Morgan fingerprint density at radius 2 is 1.81 bits per heavy atom. The lowest BCUT2D eigenvalue weighted by molar-refractivity contribution is 0.310. The van der Waals surface area contributed by atoms with Crippen molar-refractivity contribution in [1.82, 2.24) is 5.32 Å². The van der Waals surface area contributed by atoms with Crippen molar-refractivity contribution in [3.05, 3.63) is 59.2 Å². The maximum absolute atomic E-state index is 5.60. The molecule has 0 aromatic heterocycles. The zero-order valence-electron chi connectivity index (χ0n) is 13.0. The summed E-state index contributed by atoms with van der Waals surface area (Å²) in [5.74, 6) is 1.58. The summed E-state index contributed by atoms with van der Waals surface area (Å²) >= 11 is 0. The molecule has 0 aliphatic carbocycles. The summed E-state index contributed by atoms with van der Waals surface area (Å²) < 4.78 is 10.9. The fourth-order valence-electron chi connectivity index (χ4n) is 2.25. The fraction of sp³-hybridized carbons (Fsp3) is 0.333. The molecule has 0 unspecified atom stereocenters. The molecule has 2 rings (SSSR count). The van der Waals surface area contributed by atoms with Gasteiger partial charge in [0.15, 0.2) is 11.5 Å². The minimum atomic E-state index is 0.635. The third-order valence-electron chi connectivity index (χ3n) is 3.43. The monoisotopic (exact) mass is 285 g/mol. The molecule has 3 nitrogen and oxygen atoms in total. The molecule has 0 aliphatic heterocycles. The van der Waals surface area contributed by atoms with E-state index in [2.05, 4.69) is 42.6 Å². The van der Waals surface area contributed by atoms with Gasteiger partial charge in [-0.15, -0.1) is 0 Å². The Balaban J connectivity index is 1.97. The molecular weight excluding hydrogens is 262 g/mol. The van der Waals surface area contributed by atoms with Gasteiger partial charge in [0.2, 0.25) is 0 Å². The number of benzene rings is 2. The minimum absolute atomic E-state index is 0.635. The Labute approximate surface area is 126 Å². The van der Waals surface area contributed by atoms with Crippen molar-refractivity contribution in [1.29, 1.82) is 0 Å². The molecule has 0 heterocycles. The van der Waals surface area contributed by atoms with Crippen LogP contribution in [0.5, 0.6) is 11.5 Å². The summed E-state index contributed by atoms with van der Waals surface area (Å²) in [4.78, 5) is 0. The molecule has 21 heavy (non-hydrogen) atoms. The highest BCUT2D eigenvalue weighted by atomic mass is 16.5. The lowest BCUT2D eigenvalue weighted by Gasteiger charge is -2.12. The molecule has 2 aromatic carbocycles. The normalized spacial score (nSPS) is 10.4. The van der Waals surface area contributed by atoms with Gasteiger partial charge < -0.3 is 14.8 Å². The lowest BCUT2D eigenvalue weighted by atomic mass is 10.1. The average molecular weight is 285 g/mol. The standard InChI is InChI=1S/C18H23NO2/c1-4-21-18-11-15(9-10-17(18)20-3)12-19-13-16-8-6-5-7-14(16)2/h5-11,19H,4,12-13H2,1-3H3. The predicted octanol–water partition coefficient (Wildman–Crippen LogP) is 3.69. The van der Waals surface area contributed by atoms with Crippen LogP contribution < -0.4 is 14.8 Å². The molecule has 0 saturated heterocycles. The first-order valence-electron chi connectivity index (χ1n) is 7.29. The topological polar surface area (TPSA) is 30.5 Å². The third-order valence-corrected chi connectivity index (χ3v) is 3.43. The number of aryl methyl sites for hydroxylation is 1. The van der Waals surface area contributed by atoms with Crippen molar-refractivity contribution in [3.8, 4) is 11.5 Å². The molecular formula is C18H23NO2. The molecule has 0 aliphatic rings. The van der Waals surface area contributed by atoms with Crippen LogP contribution in [0, 0.1) is 6.92 Å². The summed E-state index contributed by atoms with van der Waals surface area (Å²) in [5.41, 5.74) is 3.83. The van der Waals surface area contributed by atoms with Crippen LogP contribution in [0.4, 0.5) is 0 Å². The Morgan fingerprint density at radius 3 is 2.52 bits per heavy atom. The second kappa shape index (κ2) is 7.70. The maximum atomic E-state index is 5.60. The van der Waals surface area contributed by atoms with E-state index in [0.29, 0.717) is 6.61 Å². The predicted molar refractivity (Wildman–Crippen MR) is 85.9 cm³/mol. The van der Waals surface area contributed by atoms with E-state index in [4.69, 9.17) is 9.47 Å². The van der Waals surface area contributed by atoms with Gasteiger partial charge in [-0.25, -0.2) is 0 Å². The van der Waals surface area contributed by atoms with Crippen molar-refractivity contribution in [2.75, 3.05) is 13.7 Å². The van der Waals surface area contributed by atoms with Crippen LogP contribution in [0.2, 0.25) is 0 Å². The second-order valence-electron chi connectivity index (χ2n) is 4.95. The van der Waals surface area contributed by atoms with Crippen LogP contribution in [0.15, 0.2) is 42.5 Å². The lowest BCUT2D eigenvalue weighted by Crippen LogP contribution is -2.13. The molecule has 2 aromatic rings. The summed E-state index contributed by atoms with van der Waals surface area (Å²) in [6, 6.07) is 14.5. The molecule has 0 bridgehead atoms. The summed E-state index contributed by atoms with van der Waals surface area (Å²) in [5, 5.41) is 3.47. The Kier molecular flexibility index (Phi) is 5.64.